The molecule has 2 heterocycles. The first-order chi connectivity index (χ1) is 8.95. The van der Waals surface area contributed by atoms with Crippen LogP contribution >= 0.6 is 0 Å². The predicted molar refractivity (Wildman–Crippen MR) is 64.7 cm³/mol. The molecule has 19 heavy (non-hydrogen) atoms. The molecule has 100 valence electrons. The van der Waals surface area contributed by atoms with Gasteiger partial charge >= 0.3 is 10.2 Å². The molecule has 1 amide bonds. The average Bonchev–Trinajstić information content (AvgIpc) is 2.92. The standard InChI is InChI=1S/C10H9FN4O3S/c11-19(17,18)7-4-10(16)15(5-7)6-1-2-8-9(3-6)13-14-12-8/h1-3,7H,4-5H2,(H,12,13,14). The van der Waals surface area contributed by atoms with Gasteiger partial charge in [0.25, 0.3) is 0 Å². The molecule has 1 saturated heterocycles. The quantitative estimate of drug-likeness (QED) is 0.803. The summed E-state index contributed by atoms with van der Waals surface area (Å²) in [6.07, 6.45) is -0.338. The molecule has 1 aliphatic heterocycles. The summed E-state index contributed by atoms with van der Waals surface area (Å²) in [5.41, 5.74) is 1.67. The van der Waals surface area contributed by atoms with Gasteiger partial charge in [-0.2, -0.15) is 23.8 Å². The fourth-order valence-corrected chi connectivity index (χ4v) is 2.78. The fourth-order valence-electron chi connectivity index (χ4n) is 2.11. The third-order valence-electron chi connectivity index (χ3n) is 3.10. The predicted octanol–water partition coefficient (Wildman–Crippen LogP) is 0.362. The fraction of sp³-hybridized carbons (Fsp3) is 0.300. The van der Waals surface area contributed by atoms with Crippen LogP contribution in [-0.4, -0.2) is 41.5 Å². The van der Waals surface area contributed by atoms with Crippen LogP contribution < -0.4 is 4.90 Å². The summed E-state index contributed by atoms with van der Waals surface area (Å²) in [5, 5.41) is 8.88. The topological polar surface area (TPSA) is 96.0 Å². The van der Waals surface area contributed by atoms with Gasteiger partial charge in [0.15, 0.2) is 0 Å². The number of carbonyl (C=O) groups excluding carboxylic acids is 1. The van der Waals surface area contributed by atoms with Gasteiger partial charge in [-0.3, -0.25) is 4.79 Å². The lowest BCUT2D eigenvalue weighted by Crippen LogP contribution is -2.26. The highest BCUT2D eigenvalue weighted by molar-refractivity contribution is 7.87. The maximum Gasteiger partial charge on any atom is 0.307 e. The SMILES string of the molecule is O=C1CC(S(=O)(=O)F)CN1c1ccc2n[nH]nc2c1. The van der Waals surface area contributed by atoms with E-state index in [0.29, 0.717) is 16.7 Å². The first-order valence-electron chi connectivity index (χ1n) is 5.49. The molecule has 1 aliphatic rings. The van der Waals surface area contributed by atoms with Gasteiger partial charge in [0.05, 0.1) is 0 Å². The van der Waals surface area contributed by atoms with Crippen molar-refractivity contribution < 1.29 is 17.1 Å². The maximum absolute atomic E-state index is 12.9. The zero-order valence-electron chi connectivity index (χ0n) is 9.58. The van der Waals surface area contributed by atoms with Crippen LogP contribution in [0.4, 0.5) is 9.57 Å². The minimum absolute atomic E-state index is 0.180. The molecule has 0 bridgehead atoms. The number of aromatic nitrogens is 3. The minimum Gasteiger partial charge on any atom is -0.311 e. The first kappa shape index (κ1) is 12.0. The molecule has 0 aliphatic carbocycles. The van der Waals surface area contributed by atoms with E-state index in [1.807, 2.05) is 0 Å². The molecular formula is C10H9FN4O3S. The summed E-state index contributed by atoms with van der Waals surface area (Å²) in [4.78, 5) is 13.0. The number of halogens is 1. The second-order valence-corrected chi connectivity index (χ2v) is 5.92. The van der Waals surface area contributed by atoms with Crippen molar-refractivity contribution in [3.05, 3.63) is 18.2 Å². The maximum atomic E-state index is 12.9. The number of amides is 1. The van der Waals surface area contributed by atoms with Gasteiger partial charge in [-0.15, -0.1) is 3.89 Å². The van der Waals surface area contributed by atoms with Crippen LogP contribution in [0.15, 0.2) is 18.2 Å². The Morgan fingerprint density at radius 3 is 2.74 bits per heavy atom. The number of aromatic amines is 1. The summed E-state index contributed by atoms with van der Waals surface area (Å²) < 4.78 is 34.6. The molecular weight excluding hydrogens is 275 g/mol. The third kappa shape index (κ3) is 2.05. The minimum atomic E-state index is -4.70. The largest absolute Gasteiger partial charge is 0.311 e. The molecule has 7 nitrogen and oxygen atoms in total. The van der Waals surface area contributed by atoms with Crippen molar-refractivity contribution in [2.45, 2.75) is 11.7 Å². The Kier molecular flexibility index (Phi) is 2.52. The molecule has 1 aromatic heterocycles. The van der Waals surface area contributed by atoms with Crippen LogP contribution in [0.25, 0.3) is 11.0 Å². The second-order valence-electron chi connectivity index (χ2n) is 4.30. The Morgan fingerprint density at radius 2 is 2.05 bits per heavy atom. The van der Waals surface area contributed by atoms with Crippen LogP contribution in [-0.2, 0) is 15.0 Å². The van der Waals surface area contributed by atoms with Crippen molar-refractivity contribution in [1.82, 2.24) is 15.4 Å². The number of nitrogens with one attached hydrogen (secondary N) is 1. The van der Waals surface area contributed by atoms with Gasteiger partial charge in [-0.1, -0.05) is 0 Å². The van der Waals surface area contributed by atoms with Gasteiger partial charge in [-0.05, 0) is 18.2 Å². The molecule has 1 atom stereocenters. The zero-order chi connectivity index (χ0) is 13.6. The Morgan fingerprint density at radius 1 is 1.32 bits per heavy atom. The monoisotopic (exact) mass is 284 g/mol. The van der Waals surface area contributed by atoms with Gasteiger partial charge in [0, 0.05) is 18.7 Å². The molecule has 3 rings (SSSR count). The van der Waals surface area contributed by atoms with E-state index in [0.717, 1.165) is 0 Å². The molecule has 0 saturated carbocycles. The van der Waals surface area contributed by atoms with Crippen molar-refractivity contribution in [2.75, 3.05) is 11.4 Å². The number of nitrogens with zero attached hydrogens (tertiary/aromatic N) is 3. The average molecular weight is 284 g/mol. The van der Waals surface area contributed by atoms with Gasteiger partial charge in [-0.25, -0.2) is 0 Å². The second kappa shape index (κ2) is 3.98. The van der Waals surface area contributed by atoms with Crippen LogP contribution in [0.2, 0.25) is 0 Å². The summed E-state index contributed by atoms with van der Waals surface area (Å²) in [7, 11) is -4.70. The summed E-state index contributed by atoms with van der Waals surface area (Å²) in [5.74, 6) is -0.422. The lowest BCUT2D eigenvalue weighted by atomic mass is 10.2. The number of hydrogen-bond donors (Lipinski definition) is 1. The van der Waals surface area contributed by atoms with Gasteiger partial charge in [0.2, 0.25) is 5.91 Å². The number of carbonyl (C=O) groups is 1. The molecule has 0 spiro atoms. The number of anilines is 1. The Bertz CT molecular complexity index is 757. The normalized spacial score (nSPS) is 20.4. The number of fused-ring (bicyclic) bond motifs is 1. The van der Waals surface area contributed by atoms with E-state index in [2.05, 4.69) is 15.4 Å². The lowest BCUT2D eigenvalue weighted by molar-refractivity contribution is -0.117. The Balaban J connectivity index is 1.96. The van der Waals surface area contributed by atoms with Crippen LogP contribution in [0.5, 0.6) is 0 Å². The van der Waals surface area contributed by atoms with Crippen LogP contribution in [0, 0.1) is 0 Å². The zero-order valence-corrected chi connectivity index (χ0v) is 10.4. The van der Waals surface area contributed by atoms with Crippen molar-refractivity contribution in [3.8, 4) is 0 Å². The highest BCUT2D eigenvalue weighted by atomic mass is 32.3. The molecule has 1 unspecified atom stereocenters. The van der Waals surface area contributed by atoms with E-state index in [9.17, 15) is 17.1 Å². The van der Waals surface area contributed by atoms with E-state index in [-0.39, 0.29) is 13.0 Å². The van der Waals surface area contributed by atoms with E-state index in [1.165, 1.54) is 4.90 Å². The van der Waals surface area contributed by atoms with E-state index < -0.39 is 21.4 Å². The van der Waals surface area contributed by atoms with E-state index >= 15 is 0 Å². The van der Waals surface area contributed by atoms with Crippen LogP contribution in [0.1, 0.15) is 6.42 Å². The third-order valence-corrected chi connectivity index (χ3v) is 4.21. The van der Waals surface area contributed by atoms with Gasteiger partial charge in [0.1, 0.15) is 16.3 Å². The number of rotatable bonds is 2. The highest BCUT2D eigenvalue weighted by Gasteiger charge is 2.39. The Hall–Kier alpha value is -2.03. The summed E-state index contributed by atoms with van der Waals surface area (Å²) >= 11 is 0. The lowest BCUT2D eigenvalue weighted by Gasteiger charge is -2.15. The summed E-state index contributed by atoms with van der Waals surface area (Å²) in [6, 6.07) is 4.87. The van der Waals surface area contributed by atoms with Crippen molar-refractivity contribution in [3.63, 3.8) is 0 Å². The Labute approximate surface area is 107 Å². The molecule has 1 N–H and O–H groups in total. The van der Waals surface area contributed by atoms with E-state index in [4.69, 9.17) is 0 Å². The molecule has 0 radical (unpaired) electrons. The highest BCUT2D eigenvalue weighted by Crippen LogP contribution is 2.27. The number of benzene rings is 1. The van der Waals surface area contributed by atoms with Crippen LogP contribution in [0.3, 0.4) is 0 Å². The van der Waals surface area contributed by atoms with Crippen molar-refractivity contribution in [1.29, 1.82) is 0 Å². The molecule has 1 fully saturated rings. The molecule has 1 aromatic carbocycles. The van der Waals surface area contributed by atoms with Crippen molar-refractivity contribution >= 4 is 32.9 Å². The first-order valence-corrected chi connectivity index (χ1v) is 6.94. The summed E-state index contributed by atoms with van der Waals surface area (Å²) in [6.45, 7) is -0.180. The molecule has 2 aromatic rings. The number of H-pyrrole nitrogens is 1. The molecule has 9 heteroatoms. The van der Waals surface area contributed by atoms with Crippen molar-refractivity contribution in [2.24, 2.45) is 0 Å². The van der Waals surface area contributed by atoms with E-state index in [1.54, 1.807) is 18.2 Å². The smallest absolute Gasteiger partial charge is 0.307 e. The van der Waals surface area contributed by atoms with Gasteiger partial charge < -0.3 is 4.90 Å². The number of hydrogen-bond acceptors (Lipinski definition) is 5.